The zero-order chi connectivity index (χ0) is 13.1. The summed E-state index contributed by atoms with van der Waals surface area (Å²) in [5, 5.41) is 5.97. The van der Waals surface area contributed by atoms with Crippen molar-refractivity contribution in [3.8, 4) is 0 Å². The van der Waals surface area contributed by atoms with E-state index in [-0.39, 0.29) is 30.1 Å². The first-order chi connectivity index (χ1) is 8.56. The molecule has 0 radical (unpaired) electrons. The molecule has 94 valence electrons. The van der Waals surface area contributed by atoms with Crippen LogP contribution in [0.4, 0.5) is 15.8 Å². The maximum atomic E-state index is 13.4. The highest BCUT2D eigenvalue weighted by molar-refractivity contribution is 6.43. The van der Waals surface area contributed by atoms with Crippen LogP contribution in [-0.4, -0.2) is 17.5 Å². The molecule has 1 aromatic rings. The van der Waals surface area contributed by atoms with E-state index in [4.69, 9.17) is 5.73 Å². The molecule has 0 saturated carbocycles. The maximum absolute atomic E-state index is 13.4. The Kier molecular flexibility index (Phi) is 3.22. The number of carbonyl (C=O) groups is 2. The first-order valence-corrected chi connectivity index (χ1v) is 5.28. The van der Waals surface area contributed by atoms with Gasteiger partial charge in [-0.3, -0.25) is 9.59 Å². The Morgan fingerprint density at radius 2 is 2.22 bits per heavy atom. The lowest BCUT2D eigenvalue weighted by atomic mass is 10.1. The Morgan fingerprint density at radius 1 is 1.44 bits per heavy atom. The molecule has 4 N–H and O–H groups in total. The molecule has 0 spiro atoms. The summed E-state index contributed by atoms with van der Waals surface area (Å²) >= 11 is 0. The van der Waals surface area contributed by atoms with Crippen LogP contribution >= 0.6 is 0 Å². The largest absolute Gasteiger partial charge is 0.399 e. The minimum Gasteiger partial charge on any atom is -0.399 e. The standard InChI is InChI=1S/C11H11FN4O2/c12-7-2-1-6(13)5-9(7)14-11(18)8-3-4-10(17)16-15-8/h1-2,5H,3-4,13H2,(H,14,18)(H,16,17). The Labute approximate surface area is 102 Å². The second kappa shape index (κ2) is 4.82. The monoisotopic (exact) mass is 250 g/mol. The summed E-state index contributed by atoms with van der Waals surface area (Å²) in [5.74, 6) is -1.39. The summed E-state index contributed by atoms with van der Waals surface area (Å²) in [6, 6.07) is 3.87. The number of hydrazone groups is 1. The van der Waals surface area contributed by atoms with Gasteiger partial charge in [-0.1, -0.05) is 0 Å². The van der Waals surface area contributed by atoms with Gasteiger partial charge in [0.05, 0.1) is 5.69 Å². The van der Waals surface area contributed by atoms with Crippen LogP contribution in [0.15, 0.2) is 23.3 Å². The molecule has 1 aliphatic heterocycles. The Balaban J connectivity index is 2.12. The molecule has 1 aromatic carbocycles. The number of hydrogen-bond acceptors (Lipinski definition) is 4. The van der Waals surface area contributed by atoms with Crippen molar-refractivity contribution < 1.29 is 14.0 Å². The topological polar surface area (TPSA) is 96.6 Å². The van der Waals surface area contributed by atoms with Crippen LogP contribution in [0, 0.1) is 5.82 Å². The van der Waals surface area contributed by atoms with Gasteiger partial charge in [0.2, 0.25) is 5.91 Å². The summed E-state index contributed by atoms with van der Waals surface area (Å²) in [5.41, 5.74) is 8.16. The zero-order valence-electron chi connectivity index (χ0n) is 9.37. The van der Waals surface area contributed by atoms with Crippen LogP contribution in [0.3, 0.4) is 0 Å². The second-order valence-electron chi connectivity index (χ2n) is 3.79. The number of hydrogen-bond donors (Lipinski definition) is 3. The van der Waals surface area contributed by atoms with E-state index in [1.807, 2.05) is 0 Å². The van der Waals surface area contributed by atoms with Crippen molar-refractivity contribution in [2.24, 2.45) is 5.10 Å². The van der Waals surface area contributed by atoms with Crippen molar-refractivity contribution in [2.75, 3.05) is 11.1 Å². The average Bonchev–Trinajstić information content (AvgIpc) is 2.34. The Hall–Kier alpha value is -2.44. The predicted molar refractivity (Wildman–Crippen MR) is 64.3 cm³/mol. The number of nitrogens with two attached hydrogens (primary N) is 1. The van der Waals surface area contributed by atoms with Gasteiger partial charge in [0.15, 0.2) is 0 Å². The molecule has 0 bridgehead atoms. The SMILES string of the molecule is Nc1ccc(F)c(NC(=O)C2=NNC(=O)CC2)c1. The van der Waals surface area contributed by atoms with Gasteiger partial charge in [-0.25, -0.2) is 9.82 Å². The van der Waals surface area contributed by atoms with E-state index in [9.17, 15) is 14.0 Å². The van der Waals surface area contributed by atoms with Crippen LogP contribution in [-0.2, 0) is 9.59 Å². The molecule has 7 heteroatoms. The number of anilines is 2. The maximum Gasteiger partial charge on any atom is 0.271 e. The lowest BCUT2D eigenvalue weighted by molar-refractivity contribution is -0.121. The molecule has 0 atom stereocenters. The number of rotatable bonds is 2. The molecule has 0 aliphatic carbocycles. The fourth-order valence-corrected chi connectivity index (χ4v) is 1.47. The normalized spacial score (nSPS) is 14.7. The summed E-state index contributed by atoms with van der Waals surface area (Å²) in [7, 11) is 0. The second-order valence-corrected chi connectivity index (χ2v) is 3.79. The minimum absolute atomic E-state index is 0.0143. The van der Waals surface area contributed by atoms with Gasteiger partial charge in [0.25, 0.3) is 5.91 Å². The first kappa shape index (κ1) is 12.0. The van der Waals surface area contributed by atoms with E-state index >= 15 is 0 Å². The van der Waals surface area contributed by atoms with Crippen molar-refractivity contribution in [2.45, 2.75) is 12.8 Å². The van der Waals surface area contributed by atoms with Gasteiger partial charge in [-0.15, -0.1) is 0 Å². The van der Waals surface area contributed by atoms with E-state index in [0.29, 0.717) is 5.69 Å². The van der Waals surface area contributed by atoms with Crippen molar-refractivity contribution >= 4 is 28.9 Å². The number of carbonyl (C=O) groups excluding carboxylic acids is 2. The first-order valence-electron chi connectivity index (χ1n) is 5.28. The third-order valence-electron chi connectivity index (χ3n) is 2.41. The van der Waals surface area contributed by atoms with Crippen molar-refractivity contribution in [3.05, 3.63) is 24.0 Å². The molecular formula is C11H11FN4O2. The number of amides is 2. The number of nitrogens with one attached hydrogen (secondary N) is 2. The van der Waals surface area contributed by atoms with E-state index < -0.39 is 11.7 Å². The molecule has 1 heterocycles. The average molecular weight is 250 g/mol. The van der Waals surface area contributed by atoms with E-state index in [1.165, 1.54) is 12.1 Å². The third kappa shape index (κ3) is 2.62. The molecule has 2 amide bonds. The molecule has 1 aliphatic rings. The van der Waals surface area contributed by atoms with Crippen LogP contribution < -0.4 is 16.5 Å². The number of halogens is 1. The van der Waals surface area contributed by atoms with Gasteiger partial charge in [-0.05, 0) is 18.2 Å². The van der Waals surface area contributed by atoms with Gasteiger partial charge >= 0.3 is 0 Å². The van der Waals surface area contributed by atoms with Gasteiger partial charge in [-0.2, -0.15) is 5.10 Å². The Morgan fingerprint density at radius 3 is 2.89 bits per heavy atom. The van der Waals surface area contributed by atoms with Gasteiger partial charge in [0, 0.05) is 18.5 Å². The molecule has 18 heavy (non-hydrogen) atoms. The van der Waals surface area contributed by atoms with Crippen molar-refractivity contribution in [1.29, 1.82) is 0 Å². The highest BCUT2D eigenvalue weighted by Gasteiger charge is 2.19. The number of benzene rings is 1. The van der Waals surface area contributed by atoms with Gasteiger partial charge in [0.1, 0.15) is 11.5 Å². The van der Waals surface area contributed by atoms with E-state index in [1.54, 1.807) is 0 Å². The lowest BCUT2D eigenvalue weighted by Gasteiger charge is -2.12. The van der Waals surface area contributed by atoms with E-state index in [2.05, 4.69) is 15.8 Å². The quantitative estimate of drug-likeness (QED) is 0.671. The van der Waals surface area contributed by atoms with Crippen molar-refractivity contribution in [1.82, 2.24) is 5.43 Å². The fraction of sp³-hybridized carbons (Fsp3) is 0.182. The lowest BCUT2D eigenvalue weighted by Crippen LogP contribution is -2.32. The smallest absolute Gasteiger partial charge is 0.271 e. The molecule has 0 fully saturated rings. The zero-order valence-corrected chi connectivity index (χ0v) is 9.37. The fourth-order valence-electron chi connectivity index (χ4n) is 1.47. The van der Waals surface area contributed by atoms with E-state index in [0.717, 1.165) is 6.07 Å². The molecule has 0 saturated heterocycles. The summed E-state index contributed by atoms with van der Waals surface area (Å²) < 4.78 is 13.4. The highest BCUT2D eigenvalue weighted by atomic mass is 19.1. The molecule has 0 aromatic heterocycles. The molecule has 2 rings (SSSR count). The predicted octanol–water partition coefficient (Wildman–Crippen LogP) is 0.612. The minimum atomic E-state index is -0.585. The summed E-state index contributed by atoms with van der Waals surface area (Å²) in [6.07, 6.45) is 0.410. The van der Waals surface area contributed by atoms with Crippen LogP contribution in [0.5, 0.6) is 0 Å². The third-order valence-corrected chi connectivity index (χ3v) is 2.41. The number of nitrogens with zero attached hydrogens (tertiary/aromatic N) is 1. The van der Waals surface area contributed by atoms with Crippen molar-refractivity contribution in [3.63, 3.8) is 0 Å². The van der Waals surface area contributed by atoms with Crippen LogP contribution in [0.1, 0.15) is 12.8 Å². The Bertz CT molecular complexity index is 542. The van der Waals surface area contributed by atoms with Crippen LogP contribution in [0.2, 0.25) is 0 Å². The summed E-state index contributed by atoms with van der Waals surface area (Å²) in [6.45, 7) is 0. The molecule has 0 unspecified atom stereocenters. The molecular weight excluding hydrogens is 239 g/mol. The highest BCUT2D eigenvalue weighted by Crippen LogP contribution is 2.17. The van der Waals surface area contributed by atoms with Crippen LogP contribution in [0.25, 0.3) is 0 Å². The number of nitrogen functional groups attached to an aromatic ring is 1. The van der Waals surface area contributed by atoms with Gasteiger partial charge < -0.3 is 11.1 Å². The summed E-state index contributed by atoms with van der Waals surface area (Å²) in [4.78, 5) is 22.6. The molecule has 6 nitrogen and oxygen atoms in total.